The fraction of sp³-hybridized carbons (Fsp3) is 0.406. The number of ketones is 1. The predicted molar refractivity (Wildman–Crippen MR) is 156 cm³/mol. The van der Waals surface area contributed by atoms with E-state index in [0.29, 0.717) is 5.57 Å². The van der Waals surface area contributed by atoms with Gasteiger partial charge in [-0.25, -0.2) is 9.78 Å². The molecule has 1 aliphatic heterocycles. The Morgan fingerprint density at radius 2 is 1.83 bits per heavy atom. The number of nitrogens with zero attached hydrogens (tertiary/aromatic N) is 1. The Kier molecular flexibility index (Phi) is 12.0. The zero-order valence-electron chi connectivity index (χ0n) is 24.4. The van der Waals surface area contributed by atoms with Crippen LogP contribution in [0.5, 0.6) is 0 Å². The fourth-order valence-corrected chi connectivity index (χ4v) is 4.54. The van der Waals surface area contributed by atoms with E-state index in [1.165, 1.54) is 12.2 Å². The molecule has 3 rings (SSSR count). The fourth-order valence-electron chi connectivity index (χ4n) is 4.54. The third-order valence-electron chi connectivity index (χ3n) is 6.65. The molecule has 2 amide bonds. The van der Waals surface area contributed by atoms with E-state index in [1.807, 2.05) is 51.1 Å². The number of oxazole rings is 1. The van der Waals surface area contributed by atoms with E-state index in [4.69, 9.17) is 9.15 Å². The quantitative estimate of drug-likeness (QED) is 0.471. The number of fused-ring (bicyclic) bond motifs is 2. The van der Waals surface area contributed by atoms with Crippen LogP contribution in [0.1, 0.15) is 56.1 Å². The Hall–Kier alpha value is -4.31. The number of hydrogen-bond acceptors (Lipinski definition) is 8. The highest BCUT2D eigenvalue weighted by atomic mass is 16.5. The maximum absolute atomic E-state index is 13.5. The normalized spacial score (nSPS) is 24.4. The minimum atomic E-state index is -1.04. The molecule has 4 atom stereocenters. The smallest absolute Gasteiger partial charge is 0.329 e. The number of carbonyl (C=O) groups is 4. The number of carbonyl (C=O) groups excluding carboxylic acids is 4. The number of allylic oxidation sites excluding steroid dienone is 2. The number of rotatable bonds is 3. The van der Waals surface area contributed by atoms with Crippen LogP contribution in [0.25, 0.3) is 0 Å². The highest BCUT2D eigenvalue weighted by Gasteiger charge is 2.30. The van der Waals surface area contributed by atoms with Gasteiger partial charge in [0.1, 0.15) is 24.2 Å². The minimum absolute atomic E-state index is 0.0229. The second-order valence-electron chi connectivity index (χ2n) is 10.8. The SMILES string of the molecule is CC1=CC(O)CC(=O)Cc2nc(co2)C(=O)NC(Cc2ccccc2)C(=O)OC(C(C)C)C(C)/C=C/C(=O)NCC=C1. The van der Waals surface area contributed by atoms with Crippen molar-refractivity contribution in [1.82, 2.24) is 15.6 Å². The third-order valence-corrected chi connectivity index (χ3v) is 6.65. The van der Waals surface area contributed by atoms with Gasteiger partial charge in [0.2, 0.25) is 11.8 Å². The van der Waals surface area contributed by atoms with Gasteiger partial charge in [-0.3, -0.25) is 14.4 Å². The van der Waals surface area contributed by atoms with Gasteiger partial charge in [0.15, 0.2) is 5.69 Å². The summed E-state index contributed by atoms with van der Waals surface area (Å²) in [5.74, 6) is -2.29. The third kappa shape index (κ3) is 10.3. The van der Waals surface area contributed by atoms with Crippen LogP contribution in [0.2, 0.25) is 0 Å². The van der Waals surface area contributed by atoms with Crippen LogP contribution >= 0.6 is 0 Å². The number of ether oxygens (including phenoxy) is 1. The topological polar surface area (TPSA) is 148 Å². The van der Waals surface area contributed by atoms with E-state index in [2.05, 4.69) is 15.6 Å². The summed E-state index contributed by atoms with van der Waals surface area (Å²) < 4.78 is 11.3. The molecule has 1 aromatic heterocycles. The van der Waals surface area contributed by atoms with Crippen LogP contribution in [0.4, 0.5) is 0 Å². The molecule has 1 aliphatic rings. The van der Waals surface area contributed by atoms with Gasteiger partial charge in [0.05, 0.1) is 12.5 Å². The monoisotopic (exact) mass is 577 g/mol. The summed E-state index contributed by atoms with van der Waals surface area (Å²) in [7, 11) is 0. The summed E-state index contributed by atoms with van der Waals surface area (Å²) in [6, 6.07) is 8.16. The molecule has 0 spiro atoms. The highest BCUT2D eigenvalue weighted by molar-refractivity contribution is 5.95. The van der Waals surface area contributed by atoms with Crippen molar-refractivity contribution in [2.24, 2.45) is 11.8 Å². The number of hydrogen-bond donors (Lipinski definition) is 3. The lowest BCUT2D eigenvalue weighted by Gasteiger charge is -2.28. The Morgan fingerprint density at radius 3 is 2.55 bits per heavy atom. The first-order chi connectivity index (χ1) is 20.0. The van der Waals surface area contributed by atoms with E-state index >= 15 is 0 Å². The van der Waals surface area contributed by atoms with Gasteiger partial charge in [-0.15, -0.1) is 0 Å². The number of cyclic esters (lactones) is 1. The molecule has 2 aromatic rings. The molecule has 1 aromatic carbocycles. The molecule has 0 aliphatic carbocycles. The van der Waals surface area contributed by atoms with Crippen molar-refractivity contribution in [3.8, 4) is 0 Å². The molecule has 0 saturated heterocycles. The lowest BCUT2D eigenvalue weighted by atomic mass is 9.94. The lowest BCUT2D eigenvalue weighted by molar-refractivity contribution is -0.155. The number of aromatic nitrogens is 1. The average Bonchev–Trinajstić information content (AvgIpc) is 3.40. The molecule has 0 saturated carbocycles. The number of amides is 2. The van der Waals surface area contributed by atoms with Crippen molar-refractivity contribution in [1.29, 1.82) is 0 Å². The van der Waals surface area contributed by atoms with E-state index in [-0.39, 0.29) is 60.9 Å². The number of nitrogens with one attached hydrogen (secondary N) is 2. The standard InChI is InChI=1S/C32H39N3O7/c1-20(2)30-22(4)12-13-28(38)33-14-8-9-21(3)15-24(36)17-25(37)18-29-34-27(19-41-29)31(39)35-26(32(40)42-30)16-23-10-6-5-7-11-23/h5-13,15,19-20,22,24,26,30,36H,14,16-18H2,1-4H3,(H,33,38)(H,35,39)/b9-8?,13-12+,21-15?. The van der Waals surface area contributed by atoms with Crippen molar-refractivity contribution in [2.45, 2.75) is 65.2 Å². The summed E-state index contributed by atoms with van der Waals surface area (Å²) in [5, 5.41) is 15.7. The van der Waals surface area contributed by atoms with E-state index in [0.717, 1.165) is 11.8 Å². The minimum Gasteiger partial charge on any atom is -0.460 e. The predicted octanol–water partition coefficient (Wildman–Crippen LogP) is 3.27. The number of benzene rings is 1. The molecule has 0 fully saturated rings. The van der Waals surface area contributed by atoms with E-state index < -0.39 is 30.1 Å². The van der Waals surface area contributed by atoms with Gasteiger partial charge >= 0.3 is 5.97 Å². The molecule has 10 heteroatoms. The van der Waals surface area contributed by atoms with E-state index in [9.17, 15) is 24.3 Å². The van der Waals surface area contributed by atoms with Crippen LogP contribution in [-0.2, 0) is 32.0 Å². The maximum atomic E-state index is 13.5. The lowest BCUT2D eigenvalue weighted by Crippen LogP contribution is -2.46. The Bertz CT molecular complexity index is 1330. The van der Waals surface area contributed by atoms with Gasteiger partial charge in [0, 0.05) is 25.3 Å². The first-order valence-electron chi connectivity index (χ1n) is 14.0. The number of esters is 1. The molecular weight excluding hydrogens is 538 g/mol. The summed E-state index contributed by atoms with van der Waals surface area (Å²) in [5.41, 5.74) is 1.44. The summed E-state index contributed by atoms with van der Waals surface area (Å²) in [4.78, 5) is 55.6. The number of Topliss-reactive ketones (excluding diaryl/α,β-unsaturated/α-hetero) is 1. The molecule has 3 N–H and O–H groups in total. The van der Waals surface area contributed by atoms with Gasteiger partial charge in [-0.1, -0.05) is 81.0 Å². The summed E-state index contributed by atoms with van der Waals surface area (Å²) in [6.45, 7) is 7.71. The van der Waals surface area contributed by atoms with Crippen molar-refractivity contribution < 1.29 is 33.4 Å². The van der Waals surface area contributed by atoms with Crippen molar-refractivity contribution in [3.63, 3.8) is 0 Å². The zero-order valence-corrected chi connectivity index (χ0v) is 24.4. The molecule has 0 radical (unpaired) electrons. The molecule has 2 heterocycles. The number of aliphatic hydroxyl groups is 1. The summed E-state index contributed by atoms with van der Waals surface area (Å²) >= 11 is 0. The highest BCUT2D eigenvalue weighted by Crippen LogP contribution is 2.20. The van der Waals surface area contributed by atoms with Gasteiger partial charge in [-0.05, 0) is 24.5 Å². The first kappa shape index (κ1) is 32.2. The molecule has 42 heavy (non-hydrogen) atoms. The Morgan fingerprint density at radius 1 is 1.10 bits per heavy atom. The molecule has 2 bridgehead atoms. The van der Waals surface area contributed by atoms with Crippen molar-refractivity contribution >= 4 is 23.6 Å². The molecular formula is C32H39N3O7. The maximum Gasteiger partial charge on any atom is 0.329 e. The van der Waals surface area contributed by atoms with E-state index in [1.54, 1.807) is 25.2 Å². The largest absolute Gasteiger partial charge is 0.460 e. The Balaban J connectivity index is 1.90. The molecule has 4 unspecified atom stereocenters. The first-order valence-corrected chi connectivity index (χ1v) is 14.0. The second-order valence-corrected chi connectivity index (χ2v) is 10.8. The zero-order chi connectivity index (χ0) is 30.6. The van der Waals surface area contributed by atoms with Gasteiger partial charge < -0.3 is 24.9 Å². The van der Waals surface area contributed by atoms with Crippen LogP contribution in [0.15, 0.2) is 77.0 Å². The van der Waals surface area contributed by atoms with Crippen molar-refractivity contribution in [2.75, 3.05) is 6.54 Å². The van der Waals surface area contributed by atoms with Crippen molar-refractivity contribution in [3.05, 3.63) is 89.7 Å². The average molecular weight is 578 g/mol. The van der Waals surface area contributed by atoms with Crippen LogP contribution in [0, 0.1) is 11.8 Å². The van der Waals surface area contributed by atoms with Gasteiger partial charge in [-0.2, -0.15) is 0 Å². The summed E-state index contributed by atoms with van der Waals surface area (Å²) in [6.07, 6.45) is 7.41. The van der Waals surface area contributed by atoms with Crippen LogP contribution < -0.4 is 10.6 Å². The van der Waals surface area contributed by atoms with Crippen LogP contribution in [-0.4, -0.2) is 58.5 Å². The molecule has 10 nitrogen and oxygen atoms in total. The van der Waals surface area contributed by atoms with Gasteiger partial charge in [0.25, 0.3) is 5.91 Å². The second kappa shape index (κ2) is 15.6. The number of aliphatic hydroxyl groups excluding tert-OH is 1. The molecule has 224 valence electrons. The van der Waals surface area contributed by atoms with Crippen LogP contribution in [0.3, 0.4) is 0 Å². The Labute approximate surface area is 245 Å².